The van der Waals surface area contributed by atoms with E-state index in [-0.39, 0.29) is 13.2 Å². The first-order valence-corrected chi connectivity index (χ1v) is 8.86. The van der Waals surface area contributed by atoms with Crippen molar-refractivity contribution in [3.05, 3.63) is 88.2 Å². The molecule has 2 aromatic carbocycles. The lowest BCUT2D eigenvalue weighted by atomic mass is 10.2. The molecule has 0 aliphatic heterocycles. The molecule has 134 valence electrons. The Hall–Kier alpha value is -2.80. The molecule has 0 aliphatic rings. The summed E-state index contributed by atoms with van der Waals surface area (Å²) in [6.07, 6.45) is 1.14. The van der Waals surface area contributed by atoms with Crippen LogP contribution in [0, 0.1) is 0 Å². The quantitative estimate of drug-likeness (QED) is 0.638. The first-order valence-electron chi connectivity index (χ1n) is 8.06. The SMILES string of the molecule is O=C(NCc1cnn(OCc2ccccc2)c1Br)OCc1ccccc1. The normalized spacial score (nSPS) is 10.3. The topological polar surface area (TPSA) is 65.4 Å². The number of nitrogens with zero attached hydrogens (tertiary/aromatic N) is 2. The summed E-state index contributed by atoms with van der Waals surface area (Å²) in [5.74, 6) is 0. The third kappa shape index (κ3) is 5.10. The number of ether oxygens (including phenoxy) is 1. The summed E-state index contributed by atoms with van der Waals surface area (Å²) in [6.45, 7) is 0.906. The van der Waals surface area contributed by atoms with Crippen molar-refractivity contribution in [1.29, 1.82) is 0 Å². The van der Waals surface area contributed by atoms with Gasteiger partial charge in [0.25, 0.3) is 0 Å². The van der Waals surface area contributed by atoms with E-state index in [1.54, 1.807) is 6.20 Å². The Balaban J connectivity index is 1.46. The van der Waals surface area contributed by atoms with Crippen LogP contribution in [0.15, 0.2) is 71.5 Å². The van der Waals surface area contributed by atoms with Crippen molar-refractivity contribution in [2.75, 3.05) is 0 Å². The zero-order valence-electron chi connectivity index (χ0n) is 14.0. The summed E-state index contributed by atoms with van der Waals surface area (Å²) >= 11 is 3.43. The van der Waals surface area contributed by atoms with E-state index in [4.69, 9.17) is 9.57 Å². The minimum Gasteiger partial charge on any atom is -0.445 e. The van der Waals surface area contributed by atoms with Gasteiger partial charge < -0.3 is 14.9 Å². The molecule has 0 fully saturated rings. The Bertz CT molecular complexity index is 838. The van der Waals surface area contributed by atoms with Crippen molar-refractivity contribution < 1.29 is 14.4 Å². The van der Waals surface area contributed by atoms with Gasteiger partial charge in [-0.1, -0.05) is 65.5 Å². The monoisotopic (exact) mass is 415 g/mol. The molecule has 0 saturated carbocycles. The molecule has 6 nitrogen and oxygen atoms in total. The fraction of sp³-hybridized carbons (Fsp3) is 0.158. The smallest absolute Gasteiger partial charge is 0.407 e. The summed E-state index contributed by atoms with van der Waals surface area (Å²) in [4.78, 5) is 18.8. The van der Waals surface area contributed by atoms with Crippen molar-refractivity contribution in [3.8, 4) is 0 Å². The number of alkyl carbamates (subject to hydrolysis) is 1. The number of aromatic nitrogens is 2. The number of benzene rings is 2. The van der Waals surface area contributed by atoms with Crippen molar-refractivity contribution in [3.63, 3.8) is 0 Å². The average molecular weight is 416 g/mol. The summed E-state index contributed by atoms with van der Waals surface area (Å²) in [5, 5.41) is 6.85. The fourth-order valence-electron chi connectivity index (χ4n) is 2.21. The molecule has 0 bridgehead atoms. The average Bonchev–Trinajstić information content (AvgIpc) is 3.04. The third-order valence-electron chi connectivity index (χ3n) is 3.58. The molecule has 1 aromatic heterocycles. The van der Waals surface area contributed by atoms with Crippen molar-refractivity contribution in [2.45, 2.75) is 19.8 Å². The van der Waals surface area contributed by atoms with Crippen LogP contribution in [0.3, 0.4) is 0 Å². The number of carbonyl (C=O) groups is 1. The van der Waals surface area contributed by atoms with Crippen LogP contribution in [-0.4, -0.2) is 16.0 Å². The Labute approximate surface area is 159 Å². The Kier molecular flexibility index (Phi) is 6.27. The summed E-state index contributed by atoms with van der Waals surface area (Å²) < 4.78 is 5.83. The summed E-state index contributed by atoms with van der Waals surface area (Å²) in [5.41, 5.74) is 2.76. The molecule has 0 aliphatic carbocycles. The highest BCUT2D eigenvalue weighted by atomic mass is 79.9. The van der Waals surface area contributed by atoms with Crippen molar-refractivity contribution >= 4 is 22.0 Å². The predicted octanol–water partition coefficient (Wildman–Crippen LogP) is 3.70. The first kappa shape index (κ1) is 18.0. The van der Waals surface area contributed by atoms with Gasteiger partial charge in [0, 0.05) is 5.56 Å². The molecule has 3 rings (SSSR count). The minimum atomic E-state index is -0.487. The Morgan fingerprint density at radius 2 is 1.62 bits per heavy atom. The van der Waals surface area contributed by atoms with Crippen molar-refractivity contribution in [1.82, 2.24) is 15.3 Å². The van der Waals surface area contributed by atoms with Gasteiger partial charge in [0.1, 0.15) is 13.2 Å². The highest BCUT2D eigenvalue weighted by Crippen LogP contribution is 2.15. The molecule has 3 aromatic rings. The Morgan fingerprint density at radius 1 is 1.00 bits per heavy atom. The highest BCUT2D eigenvalue weighted by molar-refractivity contribution is 9.10. The van der Waals surface area contributed by atoms with Gasteiger partial charge in [0.15, 0.2) is 4.60 Å². The zero-order valence-corrected chi connectivity index (χ0v) is 15.6. The molecular weight excluding hydrogens is 398 g/mol. The van der Waals surface area contributed by atoms with Gasteiger partial charge in [-0.15, -0.1) is 5.10 Å². The molecule has 0 unspecified atom stereocenters. The summed E-state index contributed by atoms with van der Waals surface area (Å²) in [7, 11) is 0. The van der Waals surface area contributed by atoms with E-state index in [9.17, 15) is 4.79 Å². The van der Waals surface area contributed by atoms with E-state index in [2.05, 4.69) is 26.3 Å². The van der Waals surface area contributed by atoms with Gasteiger partial charge in [-0.3, -0.25) is 0 Å². The van der Waals surface area contributed by atoms with Gasteiger partial charge in [-0.05, 0) is 27.1 Å². The van der Waals surface area contributed by atoms with Gasteiger partial charge >= 0.3 is 6.09 Å². The van der Waals surface area contributed by atoms with E-state index in [0.717, 1.165) is 16.7 Å². The number of rotatable bonds is 7. The van der Waals surface area contributed by atoms with E-state index in [0.29, 0.717) is 11.2 Å². The second-order valence-electron chi connectivity index (χ2n) is 5.51. The lowest BCUT2D eigenvalue weighted by Crippen LogP contribution is -2.23. The lowest BCUT2D eigenvalue weighted by molar-refractivity contribution is 0.0650. The molecule has 0 atom stereocenters. The number of hydrogen-bond donors (Lipinski definition) is 1. The summed E-state index contributed by atoms with van der Waals surface area (Å²) in [6, 6.07) is 19.3. The van der Waals surface area contributed by atoms with Gasteiger partial charge in [0.2, 0.25) is 0 Å². The van der Waals surface area contributed by atoms with E-state index >= 15 is 0 Å². The molecule has 1 amide bonds. The van der Waals surface area contributed by atoms with E-state index in [1.807, 2.05) is 60.7 Å². The second-order valence-corrected chi connectivity index (χ2v) is 6.26. The number of halogens is 1. The van der Waals surface area contributed by atoms with Crippen LogP contribution in [0.2, 0.25) is 0 Å². The van der Waals surface area contributed by atoms with E-state index in [1.165, 1.54) is 4.85 Å². The number of hydrogen-bond acceptors (Lipinski definition) is 4. The number of carbonyl (C=O) groups excluding carboxylic acids is 1. The molecule has 7 heteroatoms. The van der Waals surface area contributed by atoms with Crippen LogP contribution in [0.5, 0.6) is 0 Å². The molecule has 0 spiro atoms. The van der Waals surface area contributed by atoms with Gasteiger partial charge in [-0.25, -0.2) is 4.79 Å². The standard InChI is InChI=1S/C19H18BrN3O3/c20-18-17(11-21-19(24)25-13-15-7-3-1-4-8-15)12-22-23(18)26-14-16-9-5-2-6-10-16/h1-10,12H,11,13-14H2,(H,21,24). The third-order valence-corrected chi connectivity index (χ3v) is 4.40. The second kappa shape index (κ2) is 9.05. The minimum absolute atomic E-state index is 0.229. The molecule has 0 saturated heterocycles. The van der Waals surface area contributed by atoms with Crippen LogP contribution >= 0.6 is 15.9 Å². The van der Waals surface area contributed by atoms with Crippen LogP contribution < -0.4 is 10.2 Å². The maximum absolute atomic E-state index is 11.8. The van der Waals surface area contributed by atoms with Crippen LogP contribution in [0.1, 0.15) is 16.7 Å². The van der Waals surface area contributed by atoms with Crippen LogP contribution in [0.4, 0.5) is 4.79 Å². The zero-order chi connectivity index (χ0) is 18.2. The molecule has 1 heterocycles. The largest absolute Gasteiger partial charge is 0.445 e. The lowest BCUT2D eigenvalue weighted by Gasteiger charge is -2.08. The van der Waals surface area contributed by atoms with Crippen LogP contribution in [-0.2, 0) is 24.5 Å². The molecule has 0 radical (unpaired) electrons. The number of amides is 1. The van der Waals surface area contributed by atoms with E-state index < -0.39 is 6.09 Å². The predicted molar refractivity (Wildman–Crippen MR) is 100 cm³/mol. The number of nitrogens with one attached hydrogen (secondary N) is 1. The fourth-order valence-corrected chi connectivity index (χ4v) is 2.65. The maximum Gasteiger partial charge on any atom is 0.407 e. The highest BCUT2D eigenvalue weighted by Gasteiger charge is 2.11. The van der Waals surface area contributed by atoms with Gasteiger partial charge in [0.05, 0.1) is 12.7 Å². The molecule has 1 N–H and O–H groups in total. The van der Waals surface area contributed by atoms with Gasteiger partial charge in [-0.2, -0.15) is 0 Å². The molecular formula is C19H18BrN3O3. The first-order chi connectivity index (χ1) is 12.7. The Morgan fingerprint density at radius 3 is 2.27 bits per heavy atom. The maximum atomic E-state index is 11.8. The molecule has 26 heavy (non-hydrogen) atoms. The van der Waals surface area contributed by atoms with Crippen molar-refractivity contribution in [2.24, 2.45) is 0 Å². The van der Waals surface area contributed by atoms with Crippen LogP contribution in [0.25, 0.3) is 0 Å².